The summed E-state index contributed by atoms with van der Waals surface area (Å²) in [6.07, 6.45) is 17.7. The van der Waals surface area contributed by atoms with Gasteiger partial charge in [-0.15, -0.1) is 0 Å². The van der Waals surface area contributed by atoms with Crippen molar-refractivity contribution in [2.45, 2.75) is 88.8 Å². The first-order chi connectivity index (χ1) is 8.95. The summed E-state index contributed by atoms with van der Waals surface area (Å²) in [6, 6.07) is 1.57. The Balaban J connectivity index is 1.64. The molecule has 0 amide bonds. The molecule has 2 aliphatic rings. The van der Waals surface area contributed by atoms with Crippen LogP contribution in [0.1, 0.15) is 77.0 Å². The lowest BCUT2D eigenvalue weighted by Crippen LogP contribution is -2.26. The van der Waals surface area contributed by atoms with Crippen molar-refractivity contribution >= 4 is 9.52 Å². The summed E-state index contributed by atoms with van der Waals surface area (Å²) in [5.74, 6) is 1.07. The molecule has 1 atom stereocenters. The molecule has 106 valence electrons. The summed E-state index contributed by atoms with van der Waals surface area (Å²) >= 11 is 0. The van der Waals surface area contributed by atoms with E-state index in [9.17, 15) is 0 Å². The largest absolute Gasteiger partial charge is 0.382 e. The van der Waals surface area contributed by atoms with Gasteiger partial charge in [0.05, 0.1) is 9.52 Å². The Labute approximate surface area is 116 Å². The molecule has 2 fully saturated rings. The zero-order valence-corrected chi connectivity index (χ0v) is 13.6. The van der Waals surface area contributed by atoms with Gasteiger partial charge in [0.15, 0.2) is 0 Å². The van der Waals surface area contributed by atoms with Crippen LogP contribution in [-0.2, 0) is 4.74 Å². The highest BCUT2D eigenvalue weighted by molar-refractivity contribution is 6.37. The maximum Gasteiger partial charge on any atom is 0.0558 e. The first-order valence-electron chi connectivity index (χ1n) is 8.57. The Bertz CT molecular complexity index is 191. The highest BCUT2D eigenvalue weighted by Crippen LogP contribution is 2.25. The van der Waals surface area contributed by atoms with E-state index in [4.69, 9.17) is 4.74 Å². The Morgan fingerprint density at radius 2 is 1.33 bits per heavy atom. The standard InChI is InChI=1S/C16H32OSi/c1-2-4-6-10-15(11-7-5-3-1)14-18-16-12-8-9-13-17-16/h15-16H,1-14,18H2. The summed E-state index contributed by atoms with van der Waals surface area (Å²) in [5.41, 5.74) is 0.745. The van der Waals surface area contributed by atoms with Crippen LogP contribution in [0.25, 0.3) is 0 Å². The number of hydrogen-bond donors (Lipinski definition) is 0. The van der Waals surface area contributed by atoms with Crippen LogP contribution in [0.15, 0.2) is 0 Å². The van der Waals surface area contributed by atoms with Crippen LogP contribution in [0, 0.1) is 5.92 Å². The molecule has 2 rings (SSSR count). The number of ether oxygens (including phenoxy) is 1. The monoisotopic (exact) mass is 268 g/mol. The van der Waals surface area contributed by atoms with Crippen molar-refractivity contribution in [3.63, 3.8) is 0 Å². The average molecular weight is 269 g/mol. The molecule has 0 aromatic heterocycles. The lowest BCUT2D eigenvalue weighted by molar-refractivity contribution is 0.0646. The predicted octanol–water partition coefficient (Wildman–Crippen LogP) is 4.24. The van der Waals surface area contributed by atoms with Crippen molar-refractivity contribution in [3.05, 3.63) is 0 Å². The molecule has 1 aliphatic carbocycles. The fraction of sp³-hybridized carbons (Fsp3) is 1.00. The zero-order valence-electron chi connectivity index (χ0n) is 12.2. The molecule has 0 aromatic rings. The quantitative estimate of drug-likeness (QED) is 0.696. The van der Waals surface area contributed by atoms with Gasteiger partial charge in [0, 0.05) is 12.3 Å². The van der Waals surface area contributed by atoms with Crippen LogP contribution in [0.3, 0.4) is 0 Å². The van der Waals surface area contributed by atoms with E-state index < -0.39 is 0 Å². The van der Waals surface area contributed by atoms with Crippen LogP contribution in [0.2, 0.25) is 6.04 Å². The Morgan fingerprint density at radius 1 is 0.722 bits per heavy atom. The fourth-order valence-corrected chi connectivity index (χ4v) is 5.97. The van der Waals surface area contributed by atoms with Gasteiger partial charge in [-0.2, -0.15) is 0 Å². The first kappa shape index (κ1) is 14.6. The zero-order chi connectivity index (χ0) is 12.5. The van der Waals surface area contributed by atoms with E-state index in [1.54, 1.807) is 6.04 Å². The molecule has 0 radical (unpaired) electrons. The van der Waals surface area contributed by atoms with E-state index in [2.05, 4.69) is 0 Å². The fourth-order valence-electron chi connectivity index (χ4n) is 3.64. The van der Waals surface area contributed by atoms with Crippen LogP contribution >= 0.6 is 0 Å². The van der Waals surface area contributed by atoms with E-state index in [-0.39, 0.29) is 9.52 Å². The Hall–Kier alpha value is 0.177. The van der Waals surface area contributed by atoms with Gasteiger partial charge in [0.1, 0.15) is 0 Å². The first-order valence-corrected chi connectivity index (χ1v) is 10.4. The molecule has 18 heavy (non-hydrogen) atoms. The summed E-state index contributed by atoms with van der Waals surface area (Å²) < 4.78 is 5.93. The van der Waals surface area contributed by atoms with Crippen molar-refractivity contribution in [3.8, 4) is 0 Å². The van der Waals surface area contributed by atoms with Crippen molar-refractivity contribution in [2.24, 2.45) is 5.92 Å². The van der Waals surface area contributed by atoms with Crippen molar-refractivity contribution < 1.29 is 4.74 Å². The Morgan fingerprint density at radius 3 is 1.94 bits per heavy atom. The van der Waals surface area contributed by atoms with E-state index in [0.29, 0.717) is 0 Å². The topological polar surface area (TPSA) is 9.23 Å². The third kappa shape index (κ3) is 5.88. The minimum atomic E-state index is 0.0517. The molecule has 0 spiro atoms. The predicted molar refractivity (Wildman–Crippen MR) is 82.0 cm³/mol. The molecule has 1 nitrogen and oxygen atoms in total. The normalized spacial score (nSPS) is 29.7. The Kier molecular flexibility index (Phi) is 7.40. The highest BCUT2D eigenvalue weighted by atomic mass is 28.2. The van der Waals surface area contributed by atoms with Gasteiger partial charge in [-0.05, 0) is 25.2 Å². The van der Waals surface area contributed by atoms with Gasteiger partial charge < -0.3 is 4.74 Å². The number of hydrogen-bond acceptors (Lipinski definition) is 1. The maximum absolute atomic E-state index is 5.93. The SMILES string of the molecule is C1CCCCC(C[SiH2]C2CCCCO2)CCCC1. The molecule has 2 heteroatoms. The lowest BCUT2D eigenvalue weighted by atomic mass is 9.93. The second-order valence-electron chi connectivity index (χ2n) is 6.48. The maximum atomic E-state index is 5.93. The molecule has 1 aliphatic heterocycles. The minimum Gasteiger partial charge on any atom is -0.382 e. The molecule has 1 saturated heterocycles. The van der Waals surface area contributed by atoms with Gasteiger partial charge in [0.25, 0.3) is 0 Å². The molecular weight excluding hydrogens is 236 g/mol. The molecular formula is C16H32OSi. The second-order valence-corrected chi connectivity index (χ2v) is 8.55. The van der Waals surface area contributed by atoms with Crippen LogP contribution < -0.4 is 0 Å². The molecule has 0 N–H and O–H groups in total. The smallest absolute Gasteiger partial charge is 0.0558 e. The van der Waals surface area contributed by atoms with Gasteiger partial charge in [-0.1, -0.05) is 63.8 Å². The molecule has 1 unspecified atom stereocenters. The van der Waals surface area contributed by atoms with Crippen LogP contribution in [0.5, 0.6) is 0 Å². The van der Waals surface area contributed by atoms with Gasteiger partial charge in [0.2, 0.25) is 0 Å². The number of rotatable bonds is 3. The van der Waals surface area contributed by atoms with Crippen molar-refractivity contribution in [2.75, 3.05) is 6.61 Å². The van der Waals surface area contributed by atoms with Crippen molar-refractivity contribution in [1.82, 2.24) is 0 Å². The third-order valence-corrected chi connectivity index (χ3v) is 7.33. The average Bonchev–Trinajstić information content (AvgIpc) is 2.44. The highest BCUT2D eigenvalue weighted by Gasteiger charge is 2.17. The van der Waals surface area contributed by atoms with Gasteiger partial charge in [-0.3, -0.25) is 0 Å². The minimum absolute atomic E-state index is 0.0517. The lowest BCUT2D eigenvalue weighted by Gasteiger charge is -2.25. The molecule has 1 heterocycles. The van der Waals surface area contributed by atoms with E-state index in [0.717, 1.165) is 18.3 Å². The summed E-state index contributed by atoms with van der Waals surface area (Å²) in [5, 5.41) is 0. The summed E-state index contributed by atoms with van der Waals surface area (Å²) in [4.78, 5) is 0. The van der Waals surface area contributed by atoms with E-state index in [1.807, 2.05) is 0 Å². The second kappa shape index (κ2) is 9.14. The molecule has 0 aromatic carbocycles. The van der Waals surface area contributed by atoms with Gasteiger partial charge in [-0.25, -0.2) is 0 Å². The van der Waals surface area contributed by atoms with Crippen LogP contribution in [0.4, 0.5) is 0 Å². The van der Waals surface area contributed by atoms with E-state index >= 15 is 0 Å². The third-order valence-electron chi connectivity index (χ3n) is 4.90. The van der Waals surface area contributed by atoms with Gasteiger partial charge >= 0.3 is 0 Å². The molecule has 0 bridgehead atoms. The summed E-state index contributed by atoms with van der Waals surface area (Å²) in [7, 11) is 0.0517. The van der Waals surface area contributed by atoms with Crippen LogP contribution in [-0.4, -0.2) is 21.9 Å². The molecule has 1 saturated carbocycles. The van der Waals surface area contributed by atoms with Crippen molar-refractivity contribution in [1.29, 1.82) is 0 Å². The summed E-state index contributed by atoms with van der Waals surface area (Å²) in [6.45, 7) is 1.06. The van der Waals surface area contributed by atoms with E-state index in [1.165, 1.54) is 77.0 Å².